The summed E-state index contributed by atoms with van der Waals surface area (Å²) >= 11 is 2.99. The number of hydrogen-bond acceptors (Lipinski definition) is 6. The molecule has 0 spiro atoms. The second-order valence-electron chi connectivity index (χ2n) is 5.93. The number of amides is 1. The van der Waals surface area contributed by atoms with Crippen LogP contribution in [0.1, 0.15) is 5.56 Å². The van der Waals surface area contributed by atoms with Gasteiger partial charge in [-0.1, -0.05) is 54.2 Å². The Hall–Kier alpha value is -2.90. The minimum atomic E-state index is -0.181. The third-order valence-electron chi connectivity index (χ3n) is 4.13. The van der Waals surface area contributed by atoms with Gasteiger partial charge in [-0.25, -0.2) is 10.4 Å². The largest absolute Gasteiger partial charge is 0.496 e. The van der Waals surface area contributed by atoms with E-state index in [0.717, 1.165) is 30.9 Å². The number of methoxy groups -OCH3 is 1. The number of carbonyl (C=O) groups is 1. The highest BCUT2D eigenvalue weighted by Gasteiger charge is 2.08. The zero-order chi connectivity index (χ0) is 19.3. The monoisotopic (exact) mass is 407 g/mol. The Bertz CT molecular complexity index is 1140. The number of nitrogens with one attached hydrogen (secondary N) is 1. The number of rotatable bonds is 6. The van der Waals surface area contributed by atoms with Gasteiger partial charge < -0.3 is 4.74 Å². The van der Waals surface area contributed by atoms with Crippen LogP contribution in [0.15, 0.2) is 70.1 Å². The fourth-order valence-electron chi connectivity index (χ4n) is 2.83. The molecule has 4 rings (SSSR count). The molecule has 0 aliphatic heterocycles. The van der Waals surface area contributed by atoms with Crippen molar-refractivity contribution in [3.05, 3.63) is 66.2 Å². The summed E-state index contributed by atoms with van der Waals surface area (Å²) in [5.74, 6) is 0.782. The van der Waals surface area contributed by atoms with Crippen molar-refractivity contribution in [3.63, 3.8) is 0 Å². The number of benzene rings is 3. The van der Waals surface area contributed by atoms with Crippen LogP contribution in [0.5, 0.6) is 5.75 Å². The summed E-state index contributed by atoms with van der Waals surface area (Å²) in [6, 6.07) is 19.8. The maximum absolute atomic E-state index is 12.1. The number of hydrazone groups is 1. The molecular weight excluding hydrogens is 390 g/mol. The van der Waals surface area contributed by atoms with Gasteiger partial charge in [0.05, 0.1) is 29.3 Å². The molecule has 0 atom stereocenters. The van der Waals surface area contributed by atoms with Gasteiger partial charge in [0.15, 0.2) is 4.34 Å². The average Bonchev–Trinajstić information content (AvgIpc) is 3.15. The number of fused-ring (bicyclic) bond motifs is 2. The lowest BCUT2D eigenvalue weighted by atomic mass is 10.0. The van der Waals surface area contributed by atoms with Crippen LogP contribution < -0.4 is 10.2 Å². The molecule has 0 fully saturated rings. The van der Waals surface area contributed by atoms with E-state index in [1.165, 1.54) is 11.8 Å². The minimum Gasteiger partial charge on any atom is -0.496 e. The Morgan fingerprint density at radius 1 is 1.18 bits per heavy atom. The highest BCUT2D eigenvalue weighted by Crippen LogP contribution is 2.29. The molecule has 3 aromatic carbocycles. The number of thiazole rings is 1. The van der Waals surface area contributed by atoms with Gasteiger partial charge in [0.2, 0.25) is 0 Å². The van der Waals surface area contributed by atoms with E-state index in [-0.39, 0.29) is 11.7 Å². The Morgan fingerprint density at radius 2 is 2.00 bits per heavy atom. The fraction of sp³-hybridized carbons (Fsp3) is 0.0952. The first-order valence-electron chi connectivity index (χ1n) is 8.60. The molecule has 0 radical (unpaired) electrons. The van der Waals surface area contributed by atoms with E-state index >= 15 is 0 Å². The first-order valence-corrected chi connectivity index (χ1v) is 10.4. The van der Waals surface area contributed by atoms with E-state index in [0.29, 0.717) is 5.75 Å². The van der Waals surface area contributed by atoms with Crippen LogP contribution in [0.3, 0.4) is 0 Å². The molecule has 4 aromatic rings. The van der Waals surface area contributed by atoms with Gasteiger partial charge in [0.1, 0.15) is 5.75 Å². The fourth-order valence-corrected chi connectivity index (χ4v) is 4.69. The topological polar surface area (TPSA) is 63.6 Å². The minimum absolute atomic E-state index is 0.181. The Morgan fingerprint density at radius 3 is 2.86 bits per heavy atom. The first-order chi connectivity index (χ1) is 13.7. The molecule has 1 N–H and O–H groups in total. The van der Waals surface area contributed by atoms with Crippen LogP contribution in [0.2, 0.25) is 0 Å². The molecule has 0 aliphatic rings. The molecular formula is C21H17N3O2S2. The van der Waals surface area contributed by atoms with Crippen LogP contribution in [0, 0.1) is 0 Å². The first kappa shape index (κ1) is 18.5. The van der Waals surface area contributed by atoms with E-state index in [2.05, 4.69) is 15.5 Å². The Labute approximate surface area is 170 Å². The van der Waals surface area contributed by atoms with Crippen LogP contribution in [-0.2, 0) is 4.79 Å². The number of para-hydroxylation sites is 1. The van der Waals surface area contributed by atoms with Crippen LogP contribution in [0.25, 0.3) is 21.0 Å². The number of nitrogens with zero attached hydrogens (tertiary/aromatic N) is 2. The lowest BCUT2D eigenvalue weighted by Gasteiger charge is -2.08. The number of carbonyl (C=O) groups excluding carboxylic acids is 1. The molecule has 0 saturated heterocycles. The van der Waals surface area contributed by atoms with Crippen molar-refractivity contribution in [3.8, 4) is 5.75 Å². The van der Waals surface area contributed by atoms with Gasteiger partial charge in [0, 0.05) is 5.56 Å². The average molecular weight is 408 g/mol. The van der Waals surface area contributed by atoms with E-state index in [4.69, 9.17) is 4.74 Å². The summed E-state index contributed by atoms with van der Waals surface area (Å²) in [6.45, 7) is 0. The number of aromatic nitrogens is 1. The number of hydrogen-bond donors (Lipinski definition) is 1. The molecule has 1 heterocycles. The van der Waals surface area contributed by atoms with Gasteiger partial charge in [-0.05, 0) is 29.0 Å². The lowest BCUT2D eigenvalue weighted by Crippen LogP contribution is -2.19. The molecule has 28 heavy (non-hydrogen) atoms. The molecule has 0 saturated carbocycles. The lowest BCUT2D eigenvalue weighted by molar-refractivity contribution is -0.118. The summed E-state index contributed by atoms with van der Waals surface area (Å²) < 4.78 is 7.42. The molecule has 0 bridgehead atoms. The van der Waals surface area contributed by atoms with Gasteiger partial charge in [-0.2, -0.15) is 5.10 Å². The molecule has 5 nitrogen and oxygen atoms in total. The van der Waals surface area contributed by atoms with Gasteiger partial charge in [-0.3, -0.25) is 4.79 Å². The third-order valence-corrected chi connectivity index (χ3v) is 6.31. The van der Waals surface area contributed by atoms with Gasteiger partial charge in [0.25, 0.3) is 5.91 Å². The zero-order valence-corrected chi connectivity index (χ0v) is 16.7. The third kappa shape index (κ3) is 4.00. The Kier molecular flexibility index (Phi) is 5.55. The predicted molar refractivity (Wildman–Crippen MR) is 117 cm³/mol. The summed E-state index contributed by atoms with van der Waals surface area (Å²) in [6.07, 6.45) is 1.63. The van der Waals surface area contributed by atoms with Crippen molar-refractivity contribution in [1.82, 2.24) is 10.4 Å². The van der Waals surface area contributed by atoms with E-state index in [1.807, 2.05) is 60.7 Å². The van der Waals surface area contributed by atoms with Crippen molar-refractivity contribution >= 4 is 56.2 Å². The van der Waals surface area contributed by atoms with E-state index in [9.17, 15) is 4.79 Å². The highest BCUT2D eigenvalue weighted by atomic mass is 32.2. The SMILES string of the molecule is COc1ccc2ccccc2c1/C=N/NC(=O)CSc1nc2ccccc2s1. The maximum atomic E-state index is 12.1. The summed E-state index contributed by atoms with van der Waals surface area (Å²) in [5.41, 5.74) is 4.37. The molecule has 7 heteroatoms. The second kappa shape index (κ2) is 8.41. The smallest absolute Gasteiger partial charge is 0.250 e. The van der Waals surface area contributed by atoms with E-state index < -0.39 is 0 Å². The van der Waals surface area contributed by atoms with Gasteiger partial charge in [-0.15, -0.1) is 11.3 Å². The quantitative estimate of drug-likeness (QED) is 0.286. The number of thioether (sulfide) groups is 1. The van der Waals surface area contributed by atoms with Gasteiger partial charge >= 0.3 is 0 Å². The zero-order valence-electron chi connectivity index (χ0n) is 15.1. The molecule has 0 unspecified atom stereocenters. The Balaban J connectivity index is 1.42. The van der Waals surface area contributed by atoms with Crippen LogP contribution in [0.4, 0.5) is 0 Å². The van der Waals surface area contributed by atoms with Crippen molar-refractivity contribution in [2.24, 2.45) is 5.10 Å². The molecule has 1 aromatic heterocycles. The van der Waals surface area contributed by atoms with Crippen molar-refractivity contribution in [1.29, 1.82) is 0 Å². The predicted octanol–water partition coefficient (Wildman–Crippen LogP) is 4.70. The van der Waals surface area contributed by atoms with Crippen LogP contribution >= 0.6 is 23.1 Å². The maximum Gasteiger partial charge on any atom is 0.250 e. The highest BCUT2D eigenvalue weighted by molar-refractivity contribution is 8.01. The van der Waals surface area contributed by atoms with Crippen molar-refractivity contribution in [2.45, 2.75) is 4.34 Å². The standard InChI is InChI=1S/C21H17N3O2S2/c1-26-18-11-10-14-6-2-3-7-15(14)16(18)12-22-24-20(25)13-27-21-23-17-8-4-5-9-19(17)28-21/h2-12H,13H2,1H3,(H,24,25)/b22-12+. The molecule has 1 amide bonds. The summed E-state index contributed by atoms with van der Waals surface area (Å²) in [7, 11) is 1.62. The van der Waals surface area contributed by atoms with Crippen molar-refractivity contribution < 1.29 is 9.53 Å². The van der Waals surface area contributed by atoms with E-state index in [1.54, 1.807) is 24.7 Å². The molecule has 140 valence electrons. The number of ether oxygens (including phenoxy) is 1. The second-order valence-corrected chi connectivity index (χ2v) is 8.19. The molecule has 0 aliphatic carbocycles. The van der Waals surface area contributed by atoms with Crippen LogP contribution in [-0.4, -0.2) is 30.0 Å². The summed E-state index contributed by atoms with van der Waals surface area (Å²) in [4.78, 5) is 16.7. The van der Waals surface area contributed by atoms with Crippen molar-refractivity contribution in [2.75, 3.05) is 12.9 Å². The normalized spacial score (nSPS) is 11.3. The summed E-state index contributed by atoms with van der Waals surface area (Å²) in [5, 5.41) is 6.22.